The predicted molar refractivity (Wildman–Crippen MR) is 68.4 cm³/mol. The van der Waals surface area contributed by atoms with Crippen LogP contribution in [0.5, 0.6) is 0 Å². The Hall–Kier alpha value is -0.790. The molecule has 0 aromatic rings. The van der Waals surface area contributed by atoms with Crippen LogP contribution in [0.3, 0.4) is 0 Å². The van der Waals surface area contributed by atoms with Gasteiger partial charge in [0.1, 0.15) is 0 Å². The molecule has 0 spiro atoms. The molecule has 0 saturated heterocycles. The van der Waals surface area contributed by atoms with Crippen LogP contribution < -0.4 is 0 Å². The van der Waals surface area contributed by atoms with Crippen molar-refractivity contribution in [3.8, 4) is 0 Å². The average molecular weight is 226 g/mol. The van der Waals surface area contributed by atoms with E-state index in [4.69, 9.17) is 4.74 Å². The van der Waals surface area contributed by atoms with Crippen molar-refractivity contribution >= 4 is 5.97 Å². The predicted octanol–water partition coefficient (Wildman–Crippen LogP) is 4.25. The average Bonchev–Trinajstić information content (AvgIpc) is 2.31. The number of hydrogen-bond donors (Lipinski definition) is 0. The molecule has 0 aromatic carbocycles. The summed E-state index contributed by atoms with van der Waals surface area (Å²) in [5.41, 5.74) is 0. The van der Waals surface area contributed by atoms with Crippen molar-refractivity contribution in [1.29, 1.82) is 0 Å². The van der Waals surface area contributed by atoms with Gasteiger partial charge in [0.25, 0.3) is 0 Å². The second kappa shape index (κ2) is 12.3. The number of unbranched alkanes of at least 4 members (excludes halogenated alkanes) is 5. The van der Waals surface area contributed by atoms with Crippen molar-refractivity contribution in [2.75, 3.05) is 6.61 Å². The Kier molecular flexibility index (Phi) is 11.7. The monoisotopic (exact) mass is 226 g/mol. The Bertz CT molecular complexity index is 185. The van der Waals surface area contributed by atoms with Crippen molar-refractivity contribution in [1.82, 2.24) is 0 Å². The topological polar surface area (TPSA) is 26.3 Å². The minimum absolute atomic E-state index is 0.0810. The maximum absolute atomic E-state index is 10.8. The van der Waals surface area contributed by atoms with E-state index in [1.54, 1.807) is 0 Å². The second-order valence-corrected chi connectivity index (χ2v) is 4.04. The highest BCUT2D eigenvalue weighted by atomic mass is 16.5. The summed E-state index contributed by atoms with van der Waals surface area (Å²) in [5, 5.41) is 0. The highest BCUT2D eigenvalue weighted by Crippen LogP contribution is 2.04. The third-order valence-corrected chi connectivity index (χ3v) is 2.44. The molecule has 16 heavy (non-hydrogen) atoms. The molecule has 0 aliphatic rings. The van der Waals surface area contributed by atoms with Gasteiger partial charge in [-0.2, -0.15) is 0 Å². The standard InChI is InChI=1S/C14H26O2/c1-3-5-6-7-8-9-10-11-12-13-16-14(15)4-2/h6-7H,3-5,8-13H2,1-2H3/b7-6+. The lowest BCUT2D eigenvalue weighted by Gasteiger charge is -2.02. The smallest absolute Gasteiger partial charge is 0.305 e. The van der Waals surface area contributed by atoms with Crippen LogP contribution in [-0.2, 0) is 9.53 Å². The molecular weight excluding hydrogens is 200 g/mol. The van der Waals surface area contributed by atoms with Crippen LogP contribution in [0.25, 0.3) is 0 Å². The highest BCUT2D eigenvalue weighted by Gasteiger charge is 1.96. The Morgan fingerprint density at radius 1 is 1.00 bits per heavy atom. The van der Waals surface area contributed by atoms with E-state index in [1.807, 2.05) is 6.92 Å². The van der Waals surface area contributed by atoms with Crippen molar-refractivity contribution in [3.63, 3.8) is 0 Å². The first-order valence-electron chi connectivity index (χ1n) is 6.61. The Balaban J connectivity index is 3.07. The van der Waals surface area contributed by atoms with E-state index in [-0.39, 0.29) is 5.97 Å². The fraction of sp³-hybridized carbons (Fsp3) is 0.786. The summed E-state index contributed by atoms with van der Waals surface area (Å²) in [6.07, 6.45) is 13.3. The zero-order valence-corrected chi connectivity index (χ0v) is 10.8. The molecule has 94 valence electrons. The second-order valence-electron chi connectivity index (χ2n) is 4.04. The van der Waals surface area contributed by atoms with Crippen LogP contribution >= 0.6 is 0 Å². The summed E-state index contributed by atoms with van der Waals surface area (Å²) in [7, 11) is 0. The molecule has 0 radical (unpaired) electrons. The van der Waals surface area contributed by atoms with E-state index in [1.165, 1.54) is 38.5 Å². The van der Waals surface area contributed by atoms with Crippen LogP contribution in [0.4, 0.5) is 0 Å². The number of rotatable bonds is 10. The first-order chi connectivity index (χ1) is 7.81. The fourth-order valence-corrected chi connectivity index (χ4v) is 1.41. The van der Waals surface area contributed by atoms with Crippen molar-refractivity contribution < 1.29 is 9.53 Å². The van der Waals surface area contributed by atoms with Crippen LogP contribution in [-0.4, -0.2) is 12.6 Å². The molecule has 0 N–H and O–H groups in total. The summed E-state index contributed by atoms with van der Waals surface area (Å²) < 4.78 is 5.00. The van der Waals surface area contributed by atoms with Gasteiger partial charge < -0.3 is 4.74 Å². The van der Waals surface area contributed by atoms with E-state index < -0.39 is 0 Å². The van der Waals surface area contributed by atoms with Gasteiger partial charge >= 0.3 is 5.97 Å². The Morgan fingerprint density at radius 2 is 1.69 bits per heavy atom. The van der Waals surface area contributed by atoms with Crippen LogP contribution in [0, 0.1) is 0 Å². The molecule has 0 fully saturated rings. The lowest BCUT2D eigenvalue weighted by molar-refractivity contribution is -0.143. The van der Waals surface area contributed by atoms with Crippen molar-refractivity contribution in [3.05, 3.63) is 12.2 Å². The molecule has 0 rings (SSSR count). The number of hydrogen-bond acceptors (Lipinski definition) is 2. The quantitative estimate of drug-likeness (QED) is 0.316. The van der Waals surface area contributed by atoms with Gasteiger partial charge in [0, 0.05) is 6.42 Å². The third-order valence-electron chi connectivity index (χ3n) is 2.44. The molecule has 0 heterocycles. The van der Waals surface area contributed by atoms with Crippen LogP contribution in [0.1, 0.15) is 65.2 Å². The van der Waals surface area contributed by atoms with E-state index in [2.05, 4.69) is 19.1 Å². The Morgan fingerprint density at radius 3 is 2.38 bits per heavy atom. The van der Waals surface area contributed by atoms with Gasteiger partial charge in [0.2, 0.25) is 0 Å². The molecule has 2 heteroatoms. The van der Waals surface area contributed by atoms with Gasteiger partial charge in [-0.05, 0) is 25.7 Å². The highest BCUT2D eigenvalue weighted by molar-refractivity contribution is 5.68. The number of ether oxygens (including phenoxy) is 1. The summed E-state index contributed by atoms with van der Waals surface area (Å²) in [5.74, 6) is -0.0810. The molecule has 0 unspecified atom stereocenters. The lowest BCUT2D eigenvalue weighted by atomic mass is 10.1. The van der Waals surface area contributed by atoms with Gasteiger partial charge in [0.05, 0.1) is 6.61 Å². The van der Waals surface area contributed by atoms with Gasteiger partial charge in [-0.3, -0.25) is 4.79 Å². The van der Waals surface area contributed by atoms with E-state index in [0.717, 1.165) is 6.42 Å². The third kappa shape index (κ3) is 11.3. The molecular formula is C14H26O2. The maximum Gasteiger partial charge on any atom is 0.305 e. The van der Waals surface area contributed by atoms with E-state index in [9.17, 15) is 4.79 Å². The summed E-state index contributed by atoms with van der Waals surface area (Å²) in [4.78, 5) is 10.8. The SMILES string of the molecule is CCC/C=C/CCCCCCOC(=O)CC. The van der Waals surface area contributed by atoms with Gasteiger partial charge in [-0.15, -0.1) is 0 Å². The first kappa shape index (κ1) is 15.2. The first-order valence-corrected chi connectivity index (χ1v) is 6.61. The molecule has 0 aliphatic heterocycles. The Labute approximate surface area is 100 Å². The number of allylic oxidation sites excluding steroid dienone is 2. The zero-order valence-electron chi connectivity index (χ0n) is 10.8. The summed E-state index contributed by atoms with van der Waals surface area (Å²) in [6.45, 7) is 4.62. The number of carbonyl (C=O) groups is 1. The normalized spacial score (nSPS) is 10.9. The van der Waals surface area contributed by atoms with Gasteiger partial charge in [-0.1, -0.05) is 45.3 Å². The van der Waals surface area contributed by atoms with Crippen molar-refractivity contribution in [2.24, 2.45) is 0 Å². The summed E-state index contributed by atoms with van der Waals surface area (Å²) >= 11 is 0. The van der Waals surface area contributed by atoms with Gasteiger partial charge in [-0.25, -0.2) is 0 Å². The van der Waals surface area contributed by atoms with Gasteiger partial charge in [0.15, 0.2) is 0 Å². The van der Waals surface area contributed by atoms with Crippen LogP contribution in [0.2, 0.25) is 0 Å². The fourth-order valence-electron chi connectivity index (χ4n) is 1.41. The molecule has 0 atom stereocenters. The van der Waals surface area contributed by atoms with Crippen LogP contribution in [0.15, 0.2) is 12.2 Å². The molecule has 0 amide bonds. The minimum Gasteiger partial charge on any atom is -0.466 e. The zero-order chi connectivity index (χ0) is 12.1. The molecule has 0 bridgehead atoms. The molecule has 0 saturated carbocycles. The molecule has 0 aliphatic carbocycles. The molecule has 0 aromatic heterocycles. The lowest BCUT2D eigenvalue weighted by Crippen LogP contribution is -2.03. The van der Waals surface area contributed by atoms with Crippen molar-refractivity contribution in [2.45, 2.75) is 65.2 Å². The number of esters is 1. The largest absolute Gasteiger partial charge is 0.466 e. The van der Waals surface area contributed by atoms with E-state index >= 15 is 0 Å². The number of carbonyl (C=O) groups excluding carboxylic acids is 1. The minimum atomic E-state index is -0.0810. The summed E-state index contributed by atoms with van der Waals surface area (Å²) in [6, 6.07) is 0. The molecule has 2 nitrogen and oxygen atoms in total. The maximum atomic E-state index is 10.8. The van der Waals surface area contributed by atoms with E-state index in [0.29, 0.717) is 13.0 Å².